The Labute approximate surface area is 153 Å². The van der Waals surface area contributed by atoms with Gasteiger partial charge in [0, 0.05) is 58.5 Å². The lowest BCUT2D eigenvalue weighted by molar-refractivity contribution is -0.135. The van der Waals surface area contributed by atoms with Crippen LogP contribution >= 0.6 is 0 Å². The number of imidazole rings is 1. The molecule has 8 heteroatoms. The number of ether oxygens (including phenoxy) is 1. The summed E-state index contributed by atoms with van der Waals surface area (Å²) in [4.78, 5) is 21.0. The van der Waals surface area contributed by atoms with Gasteiger partial charge in [0.05, 0.1) is 37.7 Å². The monoisotopic (exact) mass is 358 g/mol. The predicted octanol–water partition coefficient (Wildman–Crippen LogP) is 0.424. The topological polar surface area (TPSA) is 68.4 Å². The number of fused-ring (bicyclic) bond motifs is 1. The Kier molecular flexibility index (Phi) is 5.03. The van der Waals surface area contributed by atoms with Crippen molar-refractivity contribution in [3.8, 4) is 0 Å². The number of hydrogen-bond acceptors (Lipinski definition) is 5. The normalized spacial score (nSPS) is 18.1. The second kappa shape index (κ2) is 7.59. The molecule has 2 aliphatic heterocycles. The average molecular weight is 358 g/mol. The number of morpholine rings is 1. The van der Waals surface area contributed by atoms with Gasteiger partial charge in [0.15, 0.2) is 0 Å². The molecule has 0 N–H and O–H groups in total. The zero-order valence-corrected chi connectivity index (χ0v) is 15.3. The predicted molar refractivity (Wildman–Crippen MR) is 95.3 cm³/mol. The smallest absolute Gasteiger partial charge is 0.223 e. The lowest BCUT2D eigenvalue weighted by atomic mass is 10.2. The number of nitrogens with zero attached hydrogens (tertiary/aromatic N) is 6. The lowest BCUT2D eigenvalue weighted by Crippen LogP contribution is -2.40. The molecule has 1 fully saturated rings. The Balaban J connectivity index is 1.32. The quantitative estimate of drug-likeness (QED) is 0.775. The molecule has 8 nitrogen and oxygen atoms in total. The molecule has 0 unspecified atom stereocenters. The average Bonchev–Trinajstić information content (AvgIpc) is 3.26. The maximum absolute atomic E-state index is 12.3. The summed E-state index contributed by atoms with van der Waals surface area (Å²) in [6, 6.07) is 2.15. The molecule has 140 valence electrons. The Morgan fingerprint density at radius 2 is 2.08 bits per heavy atom. The van der Waals surface area contributed by atoms with Crippen LogP contribution in [0.3, 0.4) is 0 Å². The van der Waals surface area contributed by atoms with E-state index in [2.05, 4.69) is 25.2 Å². The molecule has 0 aliphatic carbocycles. The highest BCUT2D eigenvalue weighted by atomic mass is 16.5. The fourth-order valence-electron chi connectivity index (χ4n) is 3.59. The van der Waals surface area contributed by atoms with Crippen molar-refractivity contribution < 1.29 is 9.53 Å². The molecule has 2 aromatic rings. The van der Waals surface area contributed by atoms with E-state index in [9.17, 15) is 4.79 Å². The van der Waals surface area contributed by atoms with Crippen LogP contribution in [0.2, 0.25) is 0 Å². The van der Waals surface area contributed by atoms with Crippen LogP contribution < -0.4 is 0 Å². The summed E-state index contributed by atoms with van der Waals surface area (Å²) < 4.78 is 9.45. The SMILES string of the molecule is Cn1ccnc1CN1CCn2nc(CCC(=O)N3CCOCC3)cc2C1. The number of amides is 1. The van der Waals surface area contributed by atoms with Gasteiger partial charge in [0.1, 0.15) is 5.82 Å². The second-order valence-corrected chi connectivity index (χ2v) is 7.01. The number of carbonyl (C=O) groups is 1. The zero-order chi connectivity index (χ0) is 17.9. The highest BCUT2D eigenvalue weighted by Gasteiger charge is 2.21. The lowest BCUT2D eigenvalue weighted by Gasteiger charge is -2.27. The number of aryl methyl sites for hydroxylation is 2. The molecule has 1 amide bonds. The van der Waals surface area contributed by atoms with Crippen molar-refractivity contribution in [3.05, 3.63) is 35.7 Å². The molecule has 2 aromatic heterocycles. The number of hydrogen-bond donors (Lipinski definition) is 0. The van der Waals surface area contributed by atoms with E-state index in [1.54, 1.807) is 0 Å². The van der Waals surface area contributed by atoms with Crippen LogP contribution in [0.1, 0.15) is 23.6 Å². The van der Waals surface area contributed by atoms with Gasteiger partial charge in [-0.2, -0.15) is 5.10 Å². The summed E-state index contributed by atoms with van der Waals surface area (Å²) in [5, 5.41) is 4.69. The van der Waals surface area contributed by atoms with Gasteiger partial charge < -0.3 is 14.2 Å². The summed E-state index contributed by atoms with van der Waals surface area (Å²) in [6.45, 7) is 6.29. The Hall–Kier alpha value is -2.19. The van der Waals surface area contributed by atoms with Gasteiger partial charge >= 0.3 is 0 Å². The summed E-state index contributed by atoms with van der Waals surface area (Å²) >= 11 is 0. The van der Waals surface area contributed by atoms with Gasteiger partial charge in [-0.1, -0.05) is 0 Å². The van der Waals surface area contributed by atoms with Crippen molar-refractivity contribution in [2.45, 2.75) is 32.5 Å². The summed E-state index contributed by atoms with van der Waals surface area (Å²) in [5.74, 6) is 1.28. The highest BCUT2D eigenvalue weighted by molar-refractivity contribution is 5.76. The Bertz CT molecular complexity index is 762. The standard InChI is InChI=1S/C18H26N6O2/c1-21-5-4-19-17(21)14-22-6-7-24-16(13-22)12-15(20-24)2-3-18(25)23-8-10-26-11-9-23/h4-5,12H,2-3,6-11,13-14H2,1H3. The van der Waals surface area contributed by atoms with Crippen molar-refractivity contribution in [1.82, 2.24) is 29.1 Å². The van der Waals surface area contributed by atoms with Gasteiger partial charge in [-0.25, -0.2) is 4.98 Å². The third kappa shape index (κ3) is 3.81. The summed E-state index contributed by atoms with van der Waals surface area (Å²) in [5.41, 5.74) is 2.24. The molecule has 2 aliphatic rings. The number of aromatic nitrogens is 4. The van der Waals surface area contributed by atoms with E-state index in [4.69, 9.17) is 9.84 Å². The molecule has 0 atom stereocenters. The van der Waals surface area contributed by atoms with Crippen molar-refractivity contribution in [2.75, 3.05) is 32.8 Å². The molecule has 0 spiro atoms. The highest BCUT2D eigenvalue weighted by Crippen LogP contribution is 2.17. The summed E-state index contributed by atoms with van der Waals surface area (Å²) in [7, 11) is 2.03. The molecule has 1 saturated heterocycles. The largest absolute Gasteiger partial charge is 0.378 e. The van der Waals surface area contributed by atoms with Crippen LogP contribution in [0.15, 0.2) is 18.5 Å². The maximum Gasteiger partial charge on any atom is 0.223 e. The second-order valence-electron chi connectivity index (χ2n) is 7.01. The third-order valence-corrected chi connectivity index (χ3v) is 5.17. The van der Waals surface area contributed by atoms with Crippen molar-refractivity contribution >= 4 is 5.91 Å². The van der Waals surface area contributed by atoms with Crippen LogP contribution in [0.25, 0.3) is 0 Å². The maximum atomic E-state index is 12.3. The minimum absolute atomic E-state index is 0.204. The Morgan fingerprint density at radius 3 is 2.85 bits per heavy atom. The van der Waals surface area contributed by atoms with E-state index >= 15 is 0 Å². The first-order valence-electron chi connectivity index (χ1n) is 9.29. The number of carbonyl (C=O) groups excluding carboxylic acids is 1. The molecule has 4 heterocycles. The van der Waals surface area contributed by atoms with Gasteiger partial charge in [-0.3, -0.25) is 14.4 Å². The molecule has 0 saturated carbocycles. The molecular formula is C18H26N6O2. The van der Waals surface area contributed by atoms with E-state index in [1.807, 2.05) is 24.3 Å². The van der Waals surface area contributed by atoms with E-state index in [-0.39, 0.29) is 5.91 Å². The minimum atomic E-state index is 0.204. The first-order chi connectivity index (χ1) is 12.7. The van der Waals surface area contributed by atoms with Crippen molar-refractivity contribution in [1.29, 1.82) is 0 Å². The third-order valence-electron chi connectivity index (χ3n) is 5.17. The minimum Gasteiger partial charge on any atom is -0.378 e. The van der Waals surface area contributed by atoms with E-state index in [0.29, 0.717) is 39.1 Å². The van der Waals surface area contributed by atoms with Gasteiger partial charge in [0.2, 0.25) is 5.91 Å². The van der Waals surface area contributed by atoms with Crippen LogP contribution in [0.5, 0.6) is 0 Å². The molecule has 0 aromatic carbocycles. The van der Waals surface area contributed by atoms with E-state index < -0.39 is 0 Å². The van der Waals surface area contributed by atoms with Gasteiger partial charge in [-0.15, -0.1) is 0 Å². The van der Waals surface area contributed by atoms with E-state index in [1.165, 1.54) is 5.69 Å². The van der Waals surface area contributed by atoms with Gasteiger partial charge in [0.25, 0.3) is 0 Å². The van der Waals surface area contributed by atoms with Crippen LogP contribution in [-0.4, -0.2) is 67.9 Å². The van der Waals surface area contributed by atoms with Crippen LogP contribution in [0, 0.1) is 0 Å². The zero-order valence-electron chi connectivity index (χ0n) is 15.3. The van der Waals surface area contributed by atoms with Crippen molar-refractivity contribution in [3.63, 3.8) is 0 Å². The van der Waals surface area contributed by atoms with Crippen molar-refractivity contribution in [2.24, 2.45) is 7.05 Å². The molecule has 0 radical (unpaired) electrons. The first kappa shape index (κ1) is 17.2. The van der Waals surface area contributed by atoms with Crippen LogP contribution in [-0.2, 0) is 42.6 Å². The summed E-state index contributed by atoms with van der Waals surface area (Å²) in [6.07, 6.45) is 5.04. The molecule has 0 bridgehead atoms. The first-order valence-corrected chi connectivity index (χ1v) is 9.29. The molecular weight excluding hydrogens is 332 g/mol. The fraction of sp³-hybridized carbons (Fsp3) is 0.611. The molecule has 4 rings (SSSR count). The number of rotatable bonds is 5. The Morgan fingerprint density at radius 1 is 1.23 bits per heavy atom. The fourth-order valence-corrected chi connectivity index (χ4v) is 3.59. The molecule has 26 heavy (non-hydrogen) atoms. The van der Waals surface area contributed by atoms with E-state index in [0.717, 1.165) is 37.7 Å². The van der Waals surface area contributed by atoms with Gasteiger partial charge in [-0.05, 0) is 6.07 Å². The van der Waals surface area contributed by atoms with Crippen LogP contribution in [0.4, 0.5) is 0 Å².